The monoisotopic (exact) mass is 371 g/mol. The lowest BCUT2D eigenvalue weighted by molar-refractivity contribution is -0.130. The van der Waals surface area contributed by atoms with Crippen molar-refractivity contribution in [3.63, 3.8) is 0 Å². The van der Waals surface area contributed by atoms with Gasteiger partial charge in [-0.25, -0.2) is 0 Å². The zero-order valence-corrected chi connectivity index (χ0v) is 16.1. The van der Waals surface area contributed by atoms with Gasteiger partial charge in [0.25, 0.3) is 11.8 Å². The second-order valence-electron chi connectivity index (χ2n) is 7.54. The molecule has 0 aromatic heterocycles. The molecule has 0 bridgehead atoms. The smallest absolute Gasteiger partial charge is 0.253 e. The number of hydrogen-bond acceptors (Lipinski definition) is 3. The molecule has 2 fully saturated rings. The summed E-state index contributed by atoms with van der Waals surface area (Å²) in [5, 5.41) is 3.13. The average Bonchev–Trinajstić information content (AvgIpc) is 2.96. The fourth-order valence-electron chi connectivity index (χ4n) is 3.89. The Balaban J connectivity index is 1.61. The number of hydrogen-bond donors (Lipinski definition) is 1. The molecule has 3 rings (SSSR count). The Morgan fingerprint density at radius 1 is 0.889 bits per heavy atom. The minimum Gasteiger partial charge on any atom is -0.349 e. The molecule has 1 N–H and O–H groups in total. The molecular weight excluding hydrogens is 342 g/mol. The molecule has 27 heavy (non-hydrogen) atoms. The van der Waals surface area contributed by atoms with Crippen molar-refractivity contribution in [3.8, 4) is 0 Å². The second-order valence-corrected chi connectivity index (χ2v) is 7.54. The van der Waals surface area contributed by atoms with Crippen LogP contribution in [-0.4, -0.2) is 59.7 Å². The Bertz CT molecular complexity index is 688. The molecule has 146 valence electrons. The summed E-state index contributed by atoms with van der Waals surface area (Å²) in [6.45, 7) is 3.72. The van der Waals surface area contributed by atoms with E-state index in [1.54, 1.807) is 41.0 Å². The third-order valence-corrected chi connectivity index (χ3v) is 5.57. The van der Waals surface area contributed by atoms with E-state index >= 15 is 0 Å². The summed E-state index contributed by atoms with van der Waals surface area (Å²) >= 11 is 0. The van der Waals surface area contributed by atoms with Gasteiger partial charge >= 0.3 is 0 Å². The highest BCUT2D eigenvalue weighted by Gasteiger charge is 2.24. The molecule has 0 spiro atoms. The van der Waals surface area contributed by atoms with Gasteiger partial charge in [0, 0.05) is 50.3 Å². The maximum Gasteiger partial charge on any atom is 0.253 e. The number of rotatable bonds is 3. The first kappa shape index (κ1) is 19.4. The molecule has 0 atom stereocenters. The highest BCUT2D eigenvalue weighted by Crippen LogP contribution is 2.18. The van der Waals surface area contributed by atoms with Gasteiger partial charge in [0.1, 0.15) is 0 Å². The van der Waals surface area contributed by atoms with Crippen molar-refractivity contribution in [1.82, 2.24) is 15.1 Å². The van der Waals surface area contributed by atoms with Crippen LogP contribution in [0.2, 0.25) is 0 Å². The van der Waals surface area contributed by atoms with Crippen molar-refractivity contribution < 1.29 is 14.4 Å². The lowest BCUT2D eigenvalue weighted by Crippen LogP contribution is -2.50. The van der Waals surface area contributed by atoms with Gasteiger partial charge < -0.3 is 15.1 Å². The molecule has 1 aliphatic carbocycles. The van der Waals surface area contributed by atoms with Crippen LogP contribution in [0.4, 0.5) is 0 Å². The fourth-order valence-corrected chi connectivity index (χ4v) is 3.89. The van der Waals surface area contributed by atoms with Crippen LogP contribution in [-0.2, 0) is 4.79 Å². The summed E-state index contributed by atoms with van der Waals surface area (Å²) < 4.78 is 0. The quantitative estimate of drug-likeness (QED) is 0.830. The Labute approximate surface area is 160 Å². The largest absolute Gasteiger partial charge is 0.349 e. The lowest BCUT2D eigenvalue weighted by Gasteiger charge is -2.34. The van der Waals surface area contributed by atoms with E-state index < -0.39 is 0 Å². The summed E-state index contributed by atoms with van der Waals surface area (Å²) in [6, 6.07) is 7.20. The number of amides is 3. The molecule has 1 saturated heterocycles. The van der Waals surface area contributed by atoms with Gasteiger partial charge in [-0.05, 0) is 31.0 Å². The average molecular weight is 371 g/mol. The summed E-state index contributed by atoms with van der Waals surface area (Å²) in [7, 11) is 0. The van der Waals surface area contributed by atoms with E-state index in [1.807, 2.05) is 0 Å². The first-order valence-corrected chi connectivity index (χ1v) is 10.0. The molecule has 1 aliphatic heterocycles. The molecule has 6 heteroatoms. The van der Waals surface area contributed by atoms with E-state index in [0.29, 0.717) is 37.3 Å². The molecule has 1 aromatic carbocycles. The number of carbonyl (C=O) groups is 3. The maximum absolute atomic E-state index is 12.8. The van der Waals surface area contributed by atoms with E-state index in [4.69, 9.17) is 0 Å². The topological polar surface area (TPSA) is 69.7 Å². The normalized spacial score (nSPS) is 18.7. The maximum atomic E-state index is 12.8. The Morgan fingerprint density at radius 2 is 1.48 bits per heavy atom. The van der Waals surface area contributed by atoms with Gasteiger partial charge in [-0.3, -0.25) is 14.4 Å². The van der Waals surface area contributed by atoms with E-state index in [-0.39, 0.29) is 23.8 Å². The molecule has 1 aromatic rings. The Hall–Kier alpha value is -2.37. The minimum absolute atomic E-state index is 0.0410. The van der Waals surface area contributed by atoms with Crippen LogP contribution in [0.25, 0.3) is 0 Å². The summed E-state index contributed by atoms with van der Waals surface area (Å²) in [5.74, 6) is -0.139. The third kappa shape index (κ3) is 5.08. The van der Waals surface area contributed by atoms with Gasteiger partial charge in [-0.1, -0.05) is 31.7 Å². The predicted molar refractivity (Wildman–Crippen MR) is 104 cm³/mol. The summed E-state index contributed by atoms with van der Waals surface area (Å²) in [5.41, 5.74) is 1.06. The van der Waals surface area contributed by atoms with E-state index in [2.05, 4.69) is 5.32 Å². The zero-order chi connectivity index (χ0) is 19.2. The van der Waals surface area contributed by atoms with Crippen molar-refractivity contribution in [2.24, 2.45) is 0 Å². The minimum atomic E-state index is -0.0991. The number of nitrogens with zero attached hydrogens (tertiary/aromatic N) is 2. The molecule has 3 amide bonds. The highest BCUT2D eigenvalue weighted by atomic mass is 16.2. The van der Waals surface area contributed by atoms with Gasteiger partial charge in [0.15, 0.2) is 0 Å². The van der Waals surface area contributed by atoms with Crippen LogP contribution in [0, 0.1) is 0 Å². The van der Waals surface area contributed by atoms with Crippen LogP contribution in [0.5, 0.6) is 0 Å². The van der Waals surface area contributed by atoms with Crippen LogP contribution in [0.3, 0.4) is 0 Å². The lowest BCUT2D eigenvalue weighted by atomic mass is 10.1. The number of piperazine rings is 1. The Kier molecular flexibility index (Phi) is 6.48. The van der Waals surface area contributed by atoms with Crippen LogP contribution in [0.1, 0.15) is 66.2 Å². The first-order chi connectivity index (χ1) is 13.0. The van der Waals surface area contributed by atoms with Crippen molar-refractivity contribution in [2.45, 2.75) is 51.5 Å². The molecule has 1 heterocycles. The van der Waals surface area contributed by atoms with E-state index in [1.165, 1.54) is 12.8 Å². The van der Waals surface area contributed by atoms with Gasteiger partial charge in [-0.15, -0.1) is 0 Å². The Morgan fingerprint density at radius 3 is 2.11 bits per heavy atom. The molecule has 0 unspecified atom stereocenters. The molecular formula is C21H29N3O3. The van der Waals surface area contributed by atoms with Gasteiger partial charge in [0.05, 0.1) is 0 Å². The fraction of sp³-hybridized carbons (Fsp3) is 0.571. The number of nitrogens with one attached hydrogen (secondary N) is 1. The first-order valence-electron chi connectivity index (χ1n) is 10.0. The number of benzene rings is 1. The summed E-state index contributed by atoms with van der Waals surface area (Å²) in [4.78, 5) is 40.3. The van der Waals surface area contributed by atoms with Crippen molar-refractivity contribution in [1.29, 1.82) is 0 Å². The van der Waals surface area contributed by atoms with Crippen LogP contribution >= 0.6 is 0 Å². The zero-order valence-electron chi connectivity index (χ0n) is 16.1. The molecule has 6 nitrogen and oxygen atoms in total. The van der Waals surface area contributed by atoms with Crippen molar-refractivity contribution >= 4 is 17.7 Å². The molecule has 1 saturated carbocycles. The SMILES string of the molecule is CC(=O)N1CCN(C(=O)c2cccc(C(=O)NC3CCCCCC3)c2)CC1. The number of carbonyl (C=O) groups excluding carboxylic acids is 3. The molecule has 2 aliphatic rings. The standard InChI is InChI=1S/C21H29N3O3/c1-16(25)23-11-13-24(14-12-23)21(27)18-8-6-7-17(15-18)20(26)22-19-9-4-2-3-5-10-19/h6-8,15,19H,2-5,9-14H2,1H3,(H,22,26). The van der Waals surface area contributed by atoms with E-state index in [0.717, 1.165) is 25.7 Å². The summed E-state index contributed by atoms with van der Waals surface area (Å²) in [6.07, 6.45) is 6.88. The predicted octanol–water partition coefficient (Wildman–Crippen LogP) is 2.44. The van der Waals surface area contributed by atoms with Crippen molar-refractivity contribution in [2.75, 3.05) is 26.2 Å². The van der Waals surface area contributed by atoms with Gasteiger partial charge in [-0.2, -0.15) is 0 Å². The highest BCUT2D eigenvalue weighted by molar-refractivity contribution is 5.99. The molecule has 0 radical (unpaired) electrons. The van der Waals surface area contributed by atoms with Crippen LogP contribution in [0.15, 0.2) is 24.3 Å². The van der Waals surface area contributed by atoms with Crippen LogP contribution < -0.4 is 5.32 Å². The van der Waals surface area contributed by atoms with Gasteiger partial charge in [0.2, 0.25) is 5.91 Å². The van der Waals surface area contributed by atoms with Crippen molar-refractivity contribution in [3.05, 3.63) is 35.4 Å². The second kappa shape index (κ2) is 9.02. The third-order valence-electron chi connectivity index (χ3n) is 5.57. The van der Waals surface area contributed by atoms with E-state index in [9.17, 15) is 14.4 Å².